The zero-order valence-corrected chi connectivity index (χ0v) is 11.7. The highest BCUT2D eigenvalue weighted by atomic mass is 16.5. The van der Waals surface area contributed by atoms with Crippen LogP contribution in [0.15, 0.2) is 54.6 Å². The third-order valence-corrected chi connectivity index (χ3v) is 4.14. The van der Waals surface area contributed by atoms with E-state index in [2.05, 4.69) is 48.5 Å². The maximum Gasteiger partial charge on any atom is 0.119 e. The molecule has 0 unspecified atom stereocenters. The molecule has 2 N–H and O–H groups in total. The number of rotatable bonds is 6. The van der Waals surface area contributed by atoms with Gasteiger partial charge in [0.1, 0.15) is 5.75 Å². The number of ether oxygens (including phenoxy) is 1. The number of hydrogen-bond donors (Lipinski definition) is 1. The summed E-state index contributed by atoms with van der Waals surface area (Å²) in [5.41, 5.74) is 8.48. The van der Waals surface area contributed by atoms with Crippen LogP contribution < -0.4 is 10.5 Å². The summed E-state index contributed by atoms with van der Waals surface area (Å²) in [5, 5.41) is 0. The van der Waals surface area contributed by atoms with E-state index >= 15 is 0 Å². The molecule has 0 spiro atoms. The van der Waals surface area contributed by atoms with Gasteiger partial charge in [0.25, 0.3) is 0 Å². The van der Waals surface area contributed by atoms with E-state index in [0.29, 0.717) is 5.41 Å². The fourth-order valence-electron chi connectivity index (χ4n) is 2.56. The van der Waals surface area contributed by atoms with Crippen molar-refractivity contribution >= 4 is 0 Å². The van der Waals surface area contributed by atoms with Crippen LogP contribution in [-0.4, -0.2) is 13.2 Å². The van der Waals surface area contributed by atoms with E-state index in [1.165, 1.54) is 24.0 Å². The molecule has 0 atom stereocenters. The summed E-state index contributed by atoms with van der Waals surface area (Å²) in [6, 6.07) is 18.7. The Morgan fingerprint density at radius 1 is 0.900 bits per heavy atom. The van der Waals surface area contributed by atoms with E-state index in [0.717, 1.165) is 25.3 Å². The molecule has 0 radical (unpaired) electrons. The maximum absolute atomic E-state index is 5.92. The lowest BCUT2D eigenvalue weighted by Gasteiger charge is -2.15. The molecule has 0 bridgehead atoms. The third-order valence-electron chi connectivity index (χ3n) is 4.14. The monoisotopic (exact) mass is 267 g/mol. The van der Waals surface area contributed by atoms with Crippen molar-refractivity contribution in [1.82, 2.24) is 0 Å². The third kappa shape index (κ3) is 3.02. The van der Waals surface area contributed by atoms with E-state index in [4.69, 9.17) is 10.5 Å². The predicted octanol–water partition coefficient (Wildman–Crippen LogP) is 3.86. The minimum Gasteiger partial charge on any atom is -0.493 e. The minimum atomic E-state index is 0.368. The quantitative estimate of drug-likeness (QED) is 0.862. The smallest absolute Gasteiger partial charge is 0.119 e. The SMILES string of the molecule is NCCC1(COc2ccc(-c3ccccc3)cc2)CC1. The van der Waals surface area contributed by atoms with Gasteiger partial charge in [-0.2, -0.15) is 0 Å². The van der Waals surface area contributed by atoms with Crippen LogP contribution in [0.2, 0.25) is 0 Å². The zero-order chi connectivity index (χ0) is 13.8. The molecule has 2 nitrogen and oxygen atoms in total. The Labute approximate surface area is 120 Å². The fraction of sp³-hybridized carbons (Fsp3) is 0.333. The standard InChI is InChI=1S/C18H21NO/c19-13-12-18(10-11-18)14-20-17-8-6-16(7-9-17)15-4-2-1-3-5-15/h1-9H,10-14,19H2. The van der Waals surface area contributed by atoms with Crippen molar-refractivity contribution < 1.29 is 4.74 Å². The molecule has 1 aliphatic rings. The van der Waals surface area contributed by atoms with Crippen LogP contribution in [-0.2, 0) is 0 Å². The van der Waals surface area contributed by atoms with Gasteiger partial charge in [0.05, 0.1) is 6.61 Å². The van der Waals surface area contributed by atoms with E-state index < -0.39 is 0 Å². The number of benzene rings is 2. The topological polar surface area (TPSA) is 35.2 Å². The molecule has 104 valence electrons. The van der Waals surface area contributed by atoms with Gasteiger partial charge in [-0.15, -0.1) is 0 Å². The van der Waals surface area contributed by atoms with Gasteiger partial charge in [0, 0.05) is 5.41 Å². The van der Waals surface area contributed by atoms with Gasteiger partial charge in [-0.1, -0.05) is 42.5 Å². The largest absolute Gasteiger partial charge is 0.493 e. The molecule has 2 heteroatoms. The Bertz CT molecular complexity index is 543. The Morgan fingerprint density at radius 2 is 1.55 bits per heavy atom. The molecule has 3 rings (SSSR count). The maximum atomic E-state index is 5.92. The summed E-state index contributed by atoms with van der Waals surface area (Å²) in [4.78, 5) is 0. The highest BCUT2D eigenvalue weighted by Gasteiger charge is 2.42. The van der Waals surface area contributed by atoms with Crippen LogP contribution in [0, 0.1) is 5.41 Å². The molecule has 0 aliphatic heterocycles. The first-order valence-electron chi connectivity index (χ1n) is 7.30. The van der Waals surface area contributed by atoms with Crippen molar-refractivity contribution in [3.05, 3.63) is 54.6 Å². The molecule has 1 aliphatic carbocycles. The van der Waals surface area contributed by atoms with Gasteiger partial charge < -0.3 is 10.5 Å². The first-order valence-corrected chi connectivity index (χ1v) is 7.30. The van der Waals surface area contributed by atoms with E-state index in [-0.39, 0.29) is 0 Å². The molecule has 0 saturated heterocycles. The lowest BCUT2D eigenvalue weighted by atomic mass is 10.0. The Kier molecular flexibility index (Phi) is 3.75. The minimum absolute atomic E-state index is 0.368. The van der Waals surface area contributed by atoms with Gasteiger partial charge in [0.15, 0.2) is 0 Å². The summed E-state index contributed by atoms with van der Waals surface area (Å²) >= 11 is 0. The highest BCUT2D eigenvalue weighted by Crippen LogP contribution is 2.48. The van der Waals surface area contributed by atoms with Crippen molar-refractivity contribution in [1.29, 1.82) is 0 Å². The Balaban J connectivity index is 1.62. The molecule has 2 aromatic carbocycles. The number of hydrogen-bond acceptors (Lipinski definition) is 2. The zero-order valence-electron chi connectivity index (χ0n) is 11.7. The second-order valence-electron chi connectivity index (χ2n) is 5.72. The van der Waals surface area contributed by atoms with Gasteiger partial charge in [-0.25, -0.2) is 0 Å². The predicted molar refractivity (Wildman–Crippen MR) is 82.7 cm³/mol. The van der Waals surface area contributed by atoms with Gasteiger partial charge in [0.2, 0.25) is 0 Å². The molecular weight excluding hydrogens is 246 g/mol. The summed E-state index contributed by atoms with van der Waals surface area (Å²) < 4.78 is 5.92. The van der Waals surface area contributed by atoms with Crippen molar-refractivity contribution in [2.24, 2.45) is 11.1 Å². The Morgan fingerprint density at radius 3 is 2.15 bits per heavy atom. The first-order chi connectivity index (χ1) is 9.81. The highest BCUT2D eigenvalue weighted by molar-refractivity contribution is 5.63. The van der Waals surface area contributed by atoms with E-state index in [1.54, 1.807) is 0 Å². The van der Waals surface area contributed by atoms with Crippen LogP contribution in [0.3, 0.4) is 0 Å². The summed E-state index contributed by atoms with van der Waals surface area (Å²) in [6.07, 6.45) is 3.59. The van der Waals surface area contributed by atoms with Crippen molar-refractivity contribution in [2.75, 3.05) is 13.2 Å². The lowest BCUT2D eigenvalue weighted by Crippen LogP contribution is -2.17. The second kappa shape index (κ2) is 5.68. The van der Waals surface area contributed by atoms with Crippen LogP contribution in [0.1, 0.15) is 19.3 Å². The van der Waals surface area contributed by atoms with Crippen molar-refractivity contribution in [3.8, 4) is 16.9 Å². The van der Waals surface area contributed by atoms with Crippen LogP contribution in [0.5, 0.6) is 5.75 Å². The Hall–Kier alpha value is -1.80. The van der Waals surface area contributed by atoms with E-state index in [9.17, 15) is 0 Å². The van der Waals surface area contributed by atoms with Crippen LogP contribution in [0.25, 0.3) is 11.1 Å². The molecule has 1 saturated carbocycles. The van der Waals surface area contributed by atoms with Crippen molar-refractivity contribution in [2.45, 2.75) is 19.3 Å². The van der Waals surface area contributed by atoms with Gasteiger partial charge in [-0.3, -0.25) is 0 Å². The van der Waals surface area contributed by atoms with Gasteiger partial charge >= 0.3 is 0 Å². The molecule has 2 aromatic rings. The van der Waals surface area contributed by atoms with Crippen LogP contribution in [0.4, 0.5) is 0 Å². The average molecular weight is 267 g/mol. The normalized spacial score (nSPS) is 15.8. The summed E-state index contributed by atoms with van der Waals surface area (Å²) in [6.45, 7) is 1.56. The number of nitrogens with two attached hydrogens (primary N) is 1. The van der Waals surface area contributed by atoms with Crippen molar-refractivity contribution in [3.63, 3.8) is 0 Å². The first kappa shape index (κ1) is 13.2. The van der Waals surface area contributed by atoms with Crippen LogP contribution >= 0.6 is 0 Å². The van der Waals surface area contributed by atoms with E-state index in [1.807, 2.05) is 6.07 Å². The molecule has 0 aromatic heterocycles. The summed E-state index contributed by atoms with van der Waals surface area (Å²) in [5.74, 6) is 0.952. The van der Waals surface area contributed by atoms with Gasteiger partial charge in [-0.05, 0) is 49.1 Å². The molecule has 1 fully saturated rings. The lowest BCUT2D eigenvalue weighted by molar-refractivity contribution is 0.227. The molecule has 0 amide bonds. The molecule has 0 heterocycles. The molecule has 20 heavy (non-hydrogen) atoms. The average Bonchev–Trinajstić information content (AvgIpc) is 3.27. The summed E-state index contributed by atoms with van der Waals surface area (Å²) in [7, 11) is 0. The fourth-order valence-corrected chi connectivity index (χ4v) is 2.56. The molecular formula is C18H21NO. The second-order valence-corrected chi connectivity index (χ2v) is 5.72.